The molecule has 2 aromatic carbocycles. The van der Waals surface area contributed by atoms with E-state index in [2.05, 4.69) is 9.71 Å². The summed E-state index contributed by atoms with van der Waals surface area (Å²) in [5, 5.41) is 0.565. The summed E-state index contributed by atoms with van der Waals surface area (Å²) in [6.45, 7) is 0.191. The Morgan fingerprint density at radius 2 is 1.85 bits per heavy atom. The van der Waals surface area contributed by atoms with E-state index in [1.165, 1.54) is 10.6 Å². The molecule has 0 amide bonds. The Labute approximate surface area is 188 Å². The Balaban J connectivity index is 1.86. The molecule has 0 spiro atoms. The molecule has 1 atom stereocenters. The Morgan fingerprint density at radius 3 is 2.55 bits per heavy atom. The second-order valence-corrected chi connectivity index (χ2v) is 8.04. The minimum absolute atomic E-state index is 0.0722. The van der Waals surface area contributed by atoms with Crippen LogP contribution in [0, 0.1) is 17.5 Å². The van der Waals surface area contributed by atoms with Crippen molar-refractivity contribution in [3.8, 4) is 22.6 Å². The third kappa shape index (κ3) is 4.70. The maximum Gasteiger partial charge on any atom is 0.274 e. The maximum absolute atomic E-state index is 14.3. The average molecular weight is 477 g/mol. The fourth-order valence-corrected chi connectivity index (χ4v) is 3.81. The number of ether oxygens (including phenoxy) is 1. The van der Waals surface area contributed by atoms with Crippen LogP contribution in [0.5, 0.6) is 11.5 Å². The molecule has 1 unspecified atom stereocenters. The number of nitrogens with one attached hydrogen (secondary N) is 2. The summed E-state index contributed by atoms with van der Waals surface area (Å²) in [5.41, 5.74) is 1.77. The van der Waals surface area contributed by atoms with Gasteiger partial charge >= 0.3 is 0 Å². The fraction of sp³-hybridized carbons (Fsp3) is 0.136. The van der Waals surface area contributed by atoms with Crippen LogP contribution in [0.3, 0.4) is 0 Å². The maximum atomic E-state index is 14.3. The van der Waals surface area contributed by atoms with Crippen LogP contribution in [0.2, 0.25) is 0 Å². The van der Waals surface area contributed by atoms with Gasteiger partial charge in [0, 0.05) is 54.6 Å². The highest BCUT2D eigenvalue weighted by Gasteiger charge is 2.19. The van der Waals surface area contributed by atoms with Crippen molar-refractivity contribution < 1.29 is 26.7 Å². The van der Waals surface area contributed by atoms with Gasteiger partial charge in [0.1, 0.15) is 17.1 Å². The summed E-state index contributed by atoms with van der Waals surface area (Å²) in [6.07, 6.45) is 3.53. The molecule has 0 saturated carbocycles. The van der Waals surface area contributed by atoms with E-state index in [0.717, 1.165) is 5.56 Å². The molecule has 0 aliphatic rings. The smallest absolute Gasteiger partial charge is 0.274 e. The van der Waals surface area contributed by atoms with Gasteiger partial charge in [0.05, 0.1) is 0 Å². The van der Waals surface area contributed by atoms with Gasteiger partial charge in [-0.15, -0.1) is 0 Å². The van der Waals surface area contributed by atoms with E-state index in [1.807, 2.05) is 0 Å². The van der Waals surface area contributed by atoms with Crippen LogP contribution in [0.1, 0.15) is 5.56 Å². The van der Waals surface area contributed by atoms with Crippen LogP contribution in [0.4, 0.5) is 13.2 Å². The molecule has 3 N–H and O–H groups in total. The van der Waals surface area contributed by atoms with Gasteiger partial charge in [-0.2, -0.15) is 0 Å². The highest BCUT2D eigenvalue weighted by atomic mass is 32.2. The summed E-state index contributed by atoms with van der Waals surface area (Å²) in [5.74, 6) is -4.18. The number of benzene rings is 2. The van der Waals surface area contributed by atoms with Gasteiger partial charge in [-0.05, 0) is 30.2 Å². The number of nitrogens with zero attached hydrogens (tertiary/aromatic N) is 1. The Hall–Kier alpha value is -3.41. The quantitative estimate of drug-likeness (QED) is 0.351. The van der Waals surface area contributed by atoms with Gasteiger partial charge < -0.3 is 14.3 Å². The number of halogens is 3. The minimum Gasteiger partial charge on any atom is -0.451 e. The SMILES string of the molecule is Cn1cc(-c2cc(CCNS(=O)O)ccc2Oc2c(F)cc(F)cc2F)c2cc[nH]c2c1=O. The standard InChI is InChI=1S/C22H18F3N3O4S/c1-28-11-16(14-5-6-26-20(14)22(28)29)15-8-12(4-7-27-33(30)31)2-3-19(15)32-21-17(24)9-13(23)10-18(21)25/h2-3,5-6,8-11,26-27H,4,7H2,1H3,(H,30,31). The number of hydrogen-bond donors (Lipinski definition) is 3. The van der Waals surface area contributed by atoms with E-state index in [1.54, 1.807) is 37.6 Å². The van der Waals surface area contributed by atoms with Crippen LogP contribution in [0.25, 0.3) is 22.0 Å². The zero-order valence-corrected chi connectivity index (χ0v) is 18.0. The molecule has 2 heterocycles. The van der Waals surface area contributed by atoms with Crippen LogP contribution in [-0.4, -0.2) is 24.9 Å². The third-order valence-corrected chi connectivity index (χ3v) is 5.49. The second kappa shape index (κ2) is 9.22. The largest absolute Gasteiger partial charge is 0.451 e. The van der Waals surface area contributed by atoms with E-state index in [4.69, 9.17) is 9.29 Å². The number of H-pyrrole nitrogens is 1. The zero-order chi connectivity index (χ0) is 23.7. The molecule has 172 valence electrons. The molecular formula is C22H18F3N3O4S. The highest BCUT2D eigenvalue weighted by molar-refractivity contribution is 7.77. The normalized spacial score (nSPS) is 12.3. The van der Waals surface area contributed by atoms with Crippen molar-refractivity contribution in [2.45, 2.75) is 6.42 Å². The molecule has 2 aromatic heterocycles. The molecule has 0 radical (unpaired) electrons. The number of hydrogen-bond acceptors (Lipinski definition) is 3. The topological polar surface area (TPSA) is 96.3 Å². The first-order valence-electron chi connectivity index (χ1n) is 9.71. The lowest BCUT2D eigenvalue weighted by Gasteiger charge is -2.16. The van der Waals surface area contributed by atoms with Gasteiger partial charge in [-0.25, -0.2) is 22.1 Å². The molecule has 0 aliphatic carbocycles. The molecule has 7 nitrogen and oxygen atoms in total. The van der Waals surface area contributed by atoms with Crippen molar-refractivity contribution in [3.63, 3.8) is 0 Å². The number of aromatic amines is 1. The predicted molar refractivity (Wildman–Crippen MR) is 118 cm³/mol. The van der Waals surface area contributed by atoms with E-state index in [0.29, 0.717) is 40.6 Å². The molecule has 11 heteroatoms. The fourth-order valence-electron chi connectivity index (χ4n) is 3.53. The van der Waals surface area contributed by atoms with Crippen LogP contribution >= 0.6 is 0 Å². The summed E-state index contributed by atoms with van der Waals surface area (Å²) in [6, 6.07) is 7.55. The average Bonchev–Trinajstić information content (AvgIpc) is 3.24. The number of rotatable bonds is 7. The van der Waals surface area contributed by atoms with Crippen molar-refractivity contribution in [1.82, 2.24) is 14.3 Å². The monoisotopic (exact) mass is 477 g/mol. The summed E-state index contributed by atoms with van der Waals surface area (Å²) in [4.78, 5) is 15.3. The lowest BCUT2D eigenvalue weighted by atomic mass is 9.99. The molecule has 0 aliphatic heterocycles. The summed E-state index contributed by atoms with van der Waals surface area (Å²) in [7, 11) is 1.57. The van der Waals surface area contributed by atoms with Crippen LogP contribution in [0.15, 0.2) is 53.6 Å². The number of fused-ring (bicyclic) bond motifs is 1. The van der Waals surface area contributed by atoms with Gasteiger partial charge in [0.2, 0.25) is 11.3 Å². The Bertz CT molecular complexity index is 1410. The van der Waals surface area contributed by atoms with Crippen molar-refractivity contribution in [2.75, 3.05) is 6.54 Å². The number of aryl methyl sites for hydroxylation is 1. The van der Waals surface area contributed by atoms with Crippen molar-refractivity contribution in [2.24, 2.45) is 7.05 Å². The first-order chi connectivity index (χ1) is 15.7. The summed E-state index contributed by atoms with van der Waals surface area (Å²) < 4.78 is 70.9. The van der Waals surface area contributed by atoms with Gasteiger partial charge in [-0.3, -0.25) is 9.35 Å². The van der Waals surface area contributed by atoms with Gasteiger partial charge in [-0.1, -0.05) is 6.07 Å². The van der Waals surface area contributed by atoms with Crippen molar-refractivity contribution >= 4 is 22.2 Å². The molecule has 33 heavy (non-hydrogen) atoms. The molecule has 4 rings (SSSR count). The van der Waals surface area contributed by atoms with Crippen molar-refractivity contribution in [3.05, 3.63) is 82.2 Å². The van der Waals surface area contributed by atoms with E-state index in [-0.39, 0.29) is 17.9 Å². The minimum atomic E-state index is -2.17. The lowest BCUT2D eigenvalue weighted by molar-refractivity contribution is 0.402. The molecule has 0 bridgehead atoms. The second-order valence-electron chi connectivity index (χ2n) is 7.25. The summed E-state index contributed by atoms with van der Waals surface area (Å²) >= 11 is -2.17. The highest BCUT2D eigenvalue weighted by Crippen LogP contribution is 2.38. The molecule has 0 fully saturated rings. The Morgan fingerprint density at radius 1 is 1.12 bits per heavy atom. The first-order valence-corrected chi connectivity index (χ1v) is 10.8. The number of pyridine rings is 1. The zero-order valence-electron chi connectivity index (χ0n) is 17.2. The van der Waals surface area contributed by atoms with Gasteiger partial charge in [0.25, 0.3) is 5.56 Å². The third-order valence-electron chi connectivity index (χ3n) is 5.04. The number of aromatic nitrogens is 2. The van der Waals surface area contributed by atoms with Crippen LogP contribution < -0.4 is 15.0 Å². The first kappa shape index (κ1) is 22.8. The molecular weight excluding hydrogens is 459 g/mol. The van der Waals surface area contributed by atoms with Crippen molar-refractivity contribution in [1.29, 1.82) is 0 Å². The Kier molecular flexibility index (Phi) is 6.36. The van der Waals surface area contributed by atoms with E-state index in [9.17, 15) is 22.2 Å². The molecule has 0 saturated heterocycles. The predicted octanol–water partition coefficient (Wildman–Crippen LogP) is 4.01. The lowest BCUT2D eigenvalue weighted by Crippen LogP contribution is -2.19. The molecule has 4 aromatic rings. The van der Waals surface area contributed by atoms with Gasteiger partial charge in [0.15, 0.2) is 17.4 Å². The van der Waals surface area contributed by atoms with E-state index < -0.39 is 34.5 Å². The van der Waals surface area contributed by atoms with Crippen LogP contribution in [-0.2, 0) is 24.7 Å². The van der Waals surface area contributed by atoms with E-state index >= 15 is 0 Å².